The van der Waals surface area contributed by atoms with E-state index in [1.807, 2.05) is 0 Å². The Morgan fingerprint density at radius 3 is 2.39 bits per heavy atom. The van der Waals surface area contributed by atoms with Crippen molar-refractivity contribution < 1.29 is 22.7 Å². The third-order valence-corrected chi connectivity index (χ3v) is 3.55. The number of pyridine rings is 1. The number of nitrogens with one attached hydrogen (secondary N) is 1. The minimum absolute atomic E-state index is 0.229. The number of aryl methyl sites for hydroxylation is 1. The van der Waals surface area contributed by atoms with E-state index < -0.39 is 17.8 Å². The fourth-order valence-corrected chi connectivity index (χ4v) is 2.19. The molecule has 0 bridgehead atoms. The van der Waals surface area contributed by atoms with Gasteiger partial charge in [-0.15, -0.1) is 0 Å². The number of hydrogen-bond acceptors (Lipinski definition) is 4. The molecule has 0 aliphatic carbocycles. The maximum atomic E-state index is 13.2. The van der Waals surface area contributed by atoms with Crippen LogP contribution in [-0.2, 0) is 12.0 Å². The Labute approximate surface area is 132 Å². The molecule has 0 aliphatic rings. The monoisotopic (exact) mass is 328 g/mol. The van der Waals surface area contributed by atoms with Crippen molar-refractivity contribution in [3.8, 4) is 0 Å². The molecule has 2 N–H and O–H groups in total. The summed E-state index contributed by atoms with van der Waals surface area (Å²) in [5.41, 5.74) is -1.01. The van der Waals surface area contributed by atoms with Gasteiger partial charge in [-0.1, -0.05) is 0 Å². The quantitative estimate of drug-likeness (QED) is 0.856. The first-order chi connectivity index (χ1) is 10.7. The van der Waals surface area contributed by atoms with Crippen LogP contribution in [0.5, 0.6) is 0 Å². The summed E-state index contributed by atoms with van der Waals surface area (Å²) in [6.45, 7) is 2.84. The molecule has 2 heterocycles. The molecular weight excluding hydrogens is 309 g/mol. The van der Waals surface area contributed by atoms with Gasteiger partial charge in [-0.25, -0.2) is 0 Å². The van der Waals surface area contributed by atoms with Crippen LogP contribution < -0.4 is 5.32 Å². The largest absolute Gasteiger partial charge is 0.463 e. The lowest BCUT2D eigenvalue weighted by atomic mass is 10.0. The van der Waals surface area contributed by atoms with Gasteiger partial charge in [0.1, 0.15) is 23.2 Å². The third-order valence-electron chi connectivity index (χ3n) is 3.55. The summed E-state index contributed by atoms with van der Waals surface area (Å²) in [7, 11) is 0. The Kier molecular flexibility index (Phi) is 5.11. The molecule has 0 spiro atoms. The molecule has 0 radical (unpaired) electrons. The van der Waals surface area contributed by atoms with E-state index in [-0.39, 0.29) is 18.7 Å². The van der Waals surface area contributed by atoms with Crippen molar-refractivity contribution in [2.45, 2.75) is 38.1 Å². The van der Waals surface area contributed by atoms with E-state index in [2.05, 4.69) is 10.3 Å². The SMILES string of the molecule is Cc1ccc([C@@](C)(O)CN[C@@H](Cc2ccncc2)C(F)(F)F)o1. The highest BCUT2D eigenvalue weighted by Gasteiger charge is 2.41. The molecule has 0 fully saturated rings. The zero-order chi connectivity index (χ0) is 17.1. The summed E-state index contributed by atoms with van der Waals surface area (Å²) in [4.78, 5) is 3.79. The van der Waals surface area contributed by atoms with Crippen molar-refractivity contribution in [1.29, 1.82) is 0 Å². The Hall–Kier alpha value is -1.86. The van der Waals surface area contributed by atoms with Crippen LogP contribution in [0.1, 0.15) is 24.0 Å². The van der Waals surface area contributed by atoms with Crippen molar-refractivity contribution in [3.63, 3.8) is 0 Å². The van der Waals surface area contributed by atoms with E-state index in [0.717, 1.165) is 0 Å². The second-order valence-corrected chi connectivity index (χ2v) is 5.72. The van der Waals surface area contributed by atoms with Crippen LogP contribution in [0.3, 0.4) is 0 Å². The van der Waals surface area contributed by atoms with Gasteiger partial charge in [0, 0.05) is 18.9 Å². The average Bonchev–Trinajstić information content (AvgIpc) is 2.91. The zero-order valence-corrected chi connectivity index (χ0v) is 12.9. The Morgan fingerprint density at radius 1 is 1.22 bits per heavy atom. The predicted octanol–water partition coefficient (Wildman–Crippen LogP) is 2.95. The van der Waals surface area contributed by atoms with E-state index in [0.29, 0.717) is 11.3 Å². The third kappa shape index (κ3) is 4.80. The van der Waals surface area contributed by atoms with Crippen LogP contribution in [-0.4, -0.2) is 28.9 Å². The molecule has 126 valence electrons. The summed E-state index contributed by atoms with van der Waals surface area (Å²) in [6.07, 6.45) is -1.77. The highest BCUT2D eigenvalue weighted by molar-refractivity contribution is 5.14. The van der Waals surface area contributed by atoms with E-state index in [1.165, 1.54) is 31.5 Å². The first-order valence-corrected chi connectivity index (χ1v) is 7.17. The van der Waals surface area contributed by atoms with Crippen LogP contribution in [0.2, 0.25) is 0 Å². The molecule has 0 aliphatic heterocycles. The van der Waals surface area contributed by atoms with Crippen molar-refractivity contribution in [2.24, 2.45) is 0 Å². The molecule has 23 heavy (non-hydrogen) atoms. The lowest BCUT2D eigenvalue weighted by Gasteiger charge is -2.27. The number of halogens is 3. The van der Waals surface area contributed by atoms with E-state index >= 15 is 0 Å². The second-order valence-electron chi connectivity index (χ2n) is 5.72. The lowest BCUT2D eigenvalue weighted by molar-refractivity contribution is -0.158. The van der Waals surface area contributed by atoms with E-state index in [4.69, 9.17) is 4.42 Å². The molecule has 2 atom stereocenters. The molecule has 0 saturated carbocycles. The second kappa shape index (κ2) is 6.72. The minimum atomic E-state index is -4.43. The summed E-state index contributed by atoms with van der Waals surface area (Å²) >= 11 is 0. The van der Waals surface area contributed by atoms with Crippen LogP contribution in [0, 0.1) is 6.92 Å². The van der Waals surface area contributed by atoms with Gasteiger partial charge in [0.05, 0.1) is 0 Å². The minimum Gasteiger partial charge on any atom is -0.463 e. The van der Waals surface area contributed by atoms with Crippen molar-refractivity contribution in [2.75, 3.05) is 6.54 Å². The maximum Gasteiger partial charge on any atom is 0.404 e. The number of rotatable bonds is 6. The number of nitrogens with zero attached hydrogens (tertiary/aromatic N) is 1. The molecule has 2 rings (SSSR count). The summed E-state index contributed by atoms with van der Waals surface area (Å²) in [5, 5.41) is 12.7. The van der Waals surface area contributed by atoms with Gasteiger partial charge in [-0.2, -0.15) is 13.2 Å². The molecule has 7 heteroatoms. The molecule has 0 saturated heterocycles. The van der Waals surface area contributed by atoms with Crippen molar-refractivity contribution in [3.05, 3.63) is 53.7 Å². The fraction of sp³-hybridized carbons (Fsp3) is 0.438. The molecule has 2 aromatic rings. The Balaban J connectivity index is 2.06. The first kappa shape index (κ1) is 17.5. The Morgan fingerprint density at radius 2 is 1.87 bits per heavy atom. The highest BCUT2D eigenvalue weighted by Crippen LogP contribution is 2.26. The molecule has 4 nitrogen and oxygen atoms in total. The number of furan rings is 1. The number of alkyl halides is 3. The van der Waals surface area contributed by atoms with Crippen molar-refractivity contribution >= 4 is 0 Å². The molecule has 0 aromatic carbocycles. The number of aliphatic hydroxyl groups is 1. The molecular formula is C16H19F3N2O2. The van der Waals surface area contributed by atoms with E-state index in [1.54, 1.807) is 19.1 Å². The lowest BCUT2D eigenvalue weighted by Crippen LogP contribution is -2.48. The first-order valence-electron chi connectivity index (χ1n) is 7.17. The zero-order valence-electron chi connectivity index (χ0n) is 12.9. The van der Waals surface area contributed by atoms with Crippen molar-refractivity contribution in [1.82, 2.24) is 10.3 Å². The maximum absolute atomic E-state index is 13.2. The highest BCUT2D eigenvalue weighted by atomic mass is 19.4. The normalized spacial score (nSPS) is 16.1. The van der Waals surface area contributed by atoms with Gasteiger partial charge in [-0.3, -0.25) is 4.98 Å². The van der Waals surface area contributed by atoms with Crippen LogP contribution in [0.15, 0.2) is 41.1 Å². The predicted molar refractivity (Wildman–Crippen MR) is 78.8 cm³/mol. The molecule has 0 unspecified atom stereocenters. The van der Waals surface area contributed by atoms with Gasteiger partial charge >= 0.3 is 6.18 Å². The summed E-state index contributed by atoms with van der Waals surface area (Å²) in [6, 6.07) is 4.51. The standard InChI is InChI=1S/C16H19F3N2O2/c1-11-3-4-14(23-11)15(2,22)10-21-13(16(17,18)19)9-12-5-7-20-8-6-12/h3-8,13,21-22H,9-10H2,1-2H3/t13-,15-/m0/s1. The summed E-state index contributed by atoms with van der Waals surface area (Å²) in [5.74, 6) is 0.816. The number of aromatic nitrogens is 1. The fourth-order valence-electron chi connectivity index (χ4n) is 2.19. The van der Waals surface area contributed by atoms with Crippen LogP contribution in [0.4, 0.5) is 13.2 Å². The van der Waals surface area contributed by atoms with Gasteiger partial charge in [0.25, 0.3) is 0 Å². The molecule has 2 aromatic heterocycles. The topological polar surface area (TPSA) is 58.3 Å². The average molecular weight is 328 g/mol. The smallest absolute Gasteiger partial charge is 0.404 e. The van der Waals surface area contributed by atoms with Gasteiger partial charge < -0.3 is 14.8 Å². The van der Waals surface area contributed by atoms with Gasteiger partial charge in [0.2, 0.25) is 0 Å². The van der Waals surface area contributed by atoms with Crippen LogP contribution in [0.25, 0.3) is 0 Å². The van der Waals surface area contributed by atoms with Gasteiger partial charge in [-0.05, 0) is 50.1 Å². The van der Waals surface area contributed by atoms with Crippen LogP contribution >= 0.6 is 0 Å². The summed E-state index contributed by atoms with van der Waals surface area (Å²) < 4.78 is 44.9. The number of hydrogen-bond donors (Lipinski definition) is 2. The van der Waals surface area contributed by atoms with Gasteiger partial charge in [0.15, 0.2) is 0 Å². The molecule has 0 amide bonds. The van der Waals surface area contributed by atoms with E-state index in [9.17, 15) is 18.3 Å². The Bertz CT molecular complexity index is 624.